The molecule has 0 aliphatic heterocycles. The van der Waals surface area contributed by atoms with Gasteiger partial charge >= 0.3 is 0 Å². The Labute approximate surface area is 79.7 Å². The molecular weight excluding hydrogens is 160 g/mol. The molecule has 1 aromatic carbocycles. The van der Waals surface area contributed by atoms with E-state index >= 15 is 0 Å². The molecule has 0 heterocycles. The van der Waals surface area contributed by atoms with Gasteiger partial charge in [-0.25, -0.2) is 0 Å². The Hall–Kier alpha value is -1.28. The fourth-order valence-corrected chi connectivity index (χ4v) is 1.16. The van der Waals surface area contributed by atoms with Crippen molar-refractivity contribution in [2.24, 2.45) is 0 Å². The zero-order valence-electron chi connectivity index (χ0n) is 8.01. The number of anilines is 1. The molecule has 0 aliphatic rings. The number of benzene rings is 1. The van der Waals surface area contributed by atoms with Crippen LogP contribution in [0, 0.1) is 0 Å². The van der Waals surface area contributed by atoms with Crippen molar-refractivity contribution in [3.8, 4) is 0 Å². The van der Waals surface area contributed by atoms with Gasteiger partial charge in [0, 0.05) is 25.8 Å². The van der Waals surface area contributed by atoms with E-state index in [2.05, 4.69) is 41.5 Å². The van der Waals surface area contributed by atoms with Gasteiger partial charge in [-0.1, -0.05) is 18.2 Å². The van der Waals surface area contributed by atoms with Crippen LogP contribution in [0.2, 0.25) is 0 Å². The van der Waals surface area contributed by atoms with Crippen LogP contribution in [0.15, 0.2) is 36.9 Å². The molecule has 0 atom stereocenters. The van der Waals surface area contributed by atoms with Crippen LogP contribution in [0.4, 0.5) is 5.69 Å². The second-order valence-corrected chi connectivity index (χ2v) is 2.87. The molecule has 0 unspecified atom stereocenters. The average Bonchev–Trinajstić information content (AvgIpc) is 2.19. The van der Waals surface area contributed by atoms with Gasteiger partial charge in [0.15, 0.2) is 0 Å². The molecule has 2 N–H and O–H groups in total. The molecule has 13 heavy (non-hydrogen) atoms. The summed E-state index contributed by atoms with van der Waals surface area (Å²) >= 11 is 0. The highest BCUT2D eigenvalue weighted by atomic mass is 14.8. The summed E-state index contributed by atoms with van der Waals surface area (Å²) in [7, 11) is 1.93. The number of hydrogen-bond acceptors (Lipinski definition) is 2. The van der Waals surface area contributed by atoms with Gasteiger partial charge in [-0.3, -0.25) is 0 Å². The van der Waals surface area contributed by atoms with Crippen molar-refractivity contribution in [2.75, 3.05) is 18.9 Å². The first-order valence-corrected chi connectivity index (χ1v) is 4.45. The third-order valence-corrected chi connectivity index (χ3v) is 1.83. The smallest absolute Gasteiger partial charge is 0.0340 e. The van der Waals surface area contributed by atoms with E-state index in [0.717, 1.165) is 18.8 Å². The Kier molecular flexibility index (Phi) is 4.06. The second-order valence-electron chi connectivity index (χ2n) is 2.87. The summed E-state index contributed by atoms with van der Waals surface area (Å²) in [6.07, 6.45) is 1.86. The minimum atomic E-state index is 0.851. The van der Waals surface area contributed by atoms with Crippen molar-refractivity contribution >= 4 is 5.69 Å². The van der Waals surface area contributed by atoms with Crippen molar-refractivity contribution in [2.45, 2.75) is 6.54 Å². The van der Waals surface area contributed by atoms with Crippen molar-refractivity contribution in [3.05, 3.63) is 42.5 Å². The molecule has 0 spiro atoms. The highest BCUT2D eigenvalue weighted by molar-refractivity contribution is 5.44. The number of rotatable bonds is 5. The maximum atomic E-state index is 3.65. The average molecular weight is 176 g/mol. The molecular formula is C11H16N2. The van der Waals surface area contributed by atoms with Gasteiger partial charge in [-0.2, -0.15) is 0 Å². The molecule has 2 heteroatoms. The molecule has 0 bridgehead atoms. The Balaban J connectivity index is 2.50. The van der Waals surface area contributed by atoms with Crippen molar-refractivity contribution < 1.29 is 0 Å². The van der Waals surface area contributed by atoms with Crippen LogP contribution in [0.25, 0.3) is 0 Å². The monoisotopic (exact) mass is 176 g/mol. The van der Waals surface area contributed by atoms with E-state index in [4.69, 9.17) is 0 Å². The molecule has 0 aliphatic carbocycles. The van der Waals surface area contributed by atoms with Crippen LogP contribution < -0.4 is 10.6 Å². The Morgan fingerprint density at radius 2 is 2.31 bits per heavy atom. The fraction of sp³-hybridized carbons (Fsp3) is 0.273. The van der Waals surface area contributed by atoms with Crippen LogP contribution in [0.1, 0.15) is 5.56 Å². The van der Waals surface area contributed by atoms with Gasteiger partial charge in [-0.15, -0.1) is 6.58 Å². The maximum absolute atomic E-state index is 3.65. The summed E-state index contributed by atoms with van der Waals surface area (Å²) in [5.41, 5.74) is 2.44. The van der Waals surface area contributed by atoms with E-state index in [1.54, 1.807) is 0 Å². The van der Waals surface area contributed by atoms with Crippen molar-refractivity contribution in [1.29, 1.82) is 0 Å². The molecule has 1 rings (SSSR count). The highest BCUT2D eigenvalue weighted by Gasteiger charge is 1.92. The first-order chi connectivity index (χ1) is 6.36. The van der Waals surface area contributed by atoms with E-state index in [1.807, 2.05) is 13.1 Å². The quantitative estimate of drug-likeness (QED) is 0.529. The van der Waals surface area contributed by atoms with Gasteiger partial charge in [0.2, 0.25) is 0 Å². The third kappa shape index (κ3) is 3.30. The van der Waals surface area contributed by atoms with E-state index in [1.165, 1.54) is 5.56 Å². The van der Waals surface area contributed by atoms with Gasteiger partial charge in [0.05, 0.1) is 0 Å². The van der Waals surface area contributed by atoms with Crippen LogP contribution >= 0.6 is 0 Å². The summed E-state index contributed by atoms with van der Waals surface area (Å²) in [5.74, 6) is 0. The lowest BCUT2D eigenvalue weighted by molar-refractivity contribution is 0.761. The predicted molar refractivity (Wildman–Crippen MR) is 57.9 cm³/mol. The largest absolute Gasteiger partial charge is 0.388 e. The second kappa shape index (κ2) is 5.38. The highest BCUT2D eigenvalue weighted by Crippen LogP contribution is 2.08. The van der Waals surface area contributed by atoms with Crippen LogP contribution in [0.5, 0.6) is 0 Å². The Morgan fingerprint density at radius 3 is 3.00 bits per heavy atom. The van der Waals surface area contributed by atoms with Crippen LogP contribution in [-0.2, 0) is 6.54 Å². The summed E-state index contributed by atoms with van der Waals surface area (Å²) in [5, 5.41) is 6.37. The van der Waals surface area contributed by atoms with Gasteiger partial charge < -0.3 is 10.6 Å². The van der Waals surface area contributed by atoms with E-state index in [9.17, 15) is 0 Å². The minimum absolute atomic E-state index is 0.851. The van der Waals surface area contributed by atoms with Crippen LogP contribution in [-0.4, -0.2) is 13.6 Å². The lowest BCUT2D eigenvalue weighted by atomic mass is 10.2. The lowest BCUT2D eigenvalue weighted by Crippen LogP contribution is -2.12. The zero-order chi connectivity index (χ0) is 9.52. The Morgan fingerprint density at radius 1 is 1.46 bits per heavy atom. The summed E-state index contributed by atoms with van der Waals surface area (Å²) in [4.78, 5) is 0. The van der Waals surface area contributed by atoms with Gasteiger partial charge in [0.1, 0.15) is 0 Å². The SMILES string of the molecule is C=CCNCc1cccc(NC)c1. The molecule has 70 valence electrons. The van der Waals surface area contributed by atoms with Crippen molar-refractivity contribution in [1.82, 2.24) is 5.32 Å². The molecule has 0 amide bonds. The van der Waals surface area contributed by atoms with E-state index in [0.29, 0.717) is 0 Å². The summed E-state index contributed by atoms with van der Waals surface area (Å²) in [6.45, 7) is 5.39. The number of hydrogen-bond donors (Lipinski definition) is 2. The molecule has 0 radical (unpaired) electrons. The molecule has 0 fully saturated rings. The van der Waals surface area contributed by atoms with Gasteiger partial charge in [0.25, 0.3) is 0 Å². The first-order valence-electron chi connectivity index (χ1n) is 4.45. The normalized spacial score (nSPS) is 9.62. The van der Waals surface area contributed by atoms with Crippen LogP contribution in [0.3, 0.4) is 0 Å². The predicted octanol–water partition coefficient (Wildman–Crippen LogP) is 2.00. The number of nitrogens with one attached hydrogen (secondary N) is 2. The Bertz CT molecular complexity index is 269. The molecule has 1 aromatic rings. The molecule has 0 saturated heterocycles. The van der Waals surface area contributed by atoms with Crippen molar-refractivity contribution in [3.63, 3.8) is 0 Å². The fourth-order valence-electron chi connectivity index (χ4n) is 1.16. The van der Waals surface area contributed by atoms with E-state index in [-0.39, 0.29) is 0 Å². The minimum Gasteiger partial charge on any atom is -0.388 e. The molecule has 0 aromatic heterocycles. The van der Waals surface area contributed by atoms with Gasteiger partial charge in [-0.05, 0) is 17.7 Å². The van der Waals surface area contributed by atoms with E-state index < -0.39 is 0 Å². The third-order valence-electron chi connectivity index (χ3n) is 1.83. The summed E-state index contributed by atoms with van der Waals surface area (Å²) in [6, 6.07) is 8.35. The lowest BCUT2D eigenvalue weighted by Gasteiger charge is -2.04. The summed E-state index contributed by atoms with van der Waals surface area (Å²) < 4.78 is 0. The zero-order valence-corrected chi connectivity index (χ0v) is 8.01. The standard InChI is InChI=1S/C11H16N2/c1-3-7-13-9-10-5-4-6-11(8-10)12-2/h3-6,8,12-13H,1,7,9H2,2H3. The molecule has 2 nitrogen and oxygen atoms in total. The molecule has 0 saturated carbocycles. The first kappa shape index (κ1) is 9.81. The topological polar surface area (TPSA) is 24.1 Å². The maximum Gasteiger partial charge on any atom is 0.0340 e.